The Morgan fingerprint density at radius 2 is 1.75 bits per heavy atom. The second kappa shape index (κ2) is 5.22. The van der Waals surface area contributed by atoms with Gasteiger partial charge < -0.3 is 9.47 Å². The molecule has 136 valence electrons. The molecule has 3 rings (SSSR count). The summed E-state index contributed by atoms with van der Waals surface area (Å²) in [7, 11) is 0. The van der Waals surface area contributed by atoms with E-state index in [0.717, 1.165) is 19.3 Å². The maximum atomic E-state index is 13.2. The van der Waals surface area contributed by atoms with Gasteiger partial charge in [-0.25, -0.2) is 0 Å². The van der Waals surface area contributed by atoms with Gasteiger partial charge in [0.05, 0.1) is 11.3 Å². The van der Waals surface area contributed by atoms with Gasteiger partial charge in [-0.05, 0) is 37.0 Å². The number of carbonyl (C=O) groups excluding carboxylic acids is 2. The first kappa shape index (κ1) is 17.8. The molecule has 2 saturated carbocycles. The lowest BCUT2D eigenvalue weighted by atomic mass is 9.61. The van der Waals surface area contributed by atoms with E-state index >= 15 is 0 Å². The summed E-state index contributed by atoms with van der Waals surface area (Å²) >= 11 is 0. The summed E-state index contributed by atoms with van der Waals surface area (Å²) in [6, 6.07) is 0. The number of esters is 2. The Morgan fingerprint density at radius 3 is 2.29 bits per heavy atom. The third-order valence-corrected chi connectivity index (χ3v) is 6.65. The first-order valence-corrected chi connectivity index (χ1v) is 9.25. The zero-order valence-electron chi connectivity index (χ0n) is 16.1. The number of rotatable bonds is 3. The van der Waals surface area contributed by atoms with Crippen molar-refractivity contribution >= 4 is 11.9 Å². The van der Waals surface area contributed by atoms with Crippen LogP contribution in [-0.4, -0.2) is 24.1 Å². The molecule has 1 saturated heterocycles. The quantitative estimate of drug-likeness (QED) is 0.732. The molecule has 3 aliphatic rings. The fraction of sp³-hybridized carbons (Fsp3) is 0.900. The molecule has 0 aromatic heterocycles. The highest BCUT2D eigenvalue weighted by Gasteiger charge is 2.64. The highest BCUT2D eigenvalue weighted by molar-refractivity contribution is 5.79. The third-order valence-electron chi connectivity index (χ3n) is 6.65. The second-order valence-electron chi connectivity index (χ2n) is 10.6. The molecular formula is C20H32O4. The van der Waals surface area contributed by atoms with E-state index in [9.17, 15) is 9.59 Å². The first-order valence-electron chi connectivity index (χ1n) is 9.25. The maximum absolute atomic E-state index is 13.2. The van der Waals surface area contributed by atoms with Crippen LogP contribution in [0.25, 0.3) is 0 Å². The SMILES string of the molecule is CC(C)(C)CC(C)(C(=O)OC1C2CC3C(=O)OC1C3C2)C(C)(C)C. The van der Waals surface area contributed by atoms with Crippen LogP contribution in [0.1, 0.15) is 67.7 Å². The van der Waals surface area contributed by atoms with Gasteiger partial charge in [-0.2, -0.15) is 0 Å². The summed E-state index contributed by atoms with van der Waals surface area (Å²) < 4.78 is 11.6. The average Bonchev–Trinajstić information content (AvgIpc) is 2.99. The van der Waals surface area contributed by atoms with Crippen molar-refractivity contribution in [3.05, 3.63) is 0 Å². The molecule has 24 heavy (non-hydrogen) atoms. The fourth-order valence-electron chi connectivity index (χ4n) is 5.02. The van der Waals surface area contributed by atoms with Crippen LogP contribution < -0.4 is 0 Å². The summed E-state index contributed by atoms with van der Waals surface area (Å²) in [4.78, 5) is 25.1. The molecule has 0 aromatic carbocycles. The number of fused-ring (bicyclic) bond motifs is 1. The van der Waals surface area contributed by atoms with Crippen molar-refractivity contribution < 1.29 is 19.1 Å². The molecule has 1 heterocycles. The van der Waals surface area contributed by atoms with E-state index in [2.05, 4.69) is 41.5 Å². The molecule has 0 N–H and O–H groups in total. The van der Waals surface area contributed by atoms with Gasteiger partial charge in [0, 0.05) is 11.8 Å². The largest absolute Gasteiger partial charge is 0.458 e. The fourth-order valence-corrected chi connectivity index (χ4v) is 5.02. The van der Waals surface area contributed by atoms with Gasteiger partial charge in [0.1, 0.15) is 12.2 Å². The molecule has 6 atom stereocenters. The first-order chi connectivity index (χ1) is 10.8. The minimum atomic E-state index is -0.574. The van der Waals surface area contributed by atoms with Crippen LogP contribution in [0.3, 0.4) is 0 Å². The van der Waals surface area contributed by atoms with Gasteiger partial charge in [0.25, 0.3) is 0 Å². The predicted molar refractivity (Wildman–Crippen MR) is 91.1 cm³/mol. The van der Waals surface area contributed by atoms with Crippen LogP contribution >= 0.6 is 0 Å². The van der Waals surface area contributed by atoms with Crippen molar-refractivity contribution in [1.82, 2.24) is 0 Å². The van der Waals surface area contributed by atoms with Crippen LogP contribution in [-0.2, 0) is 19.1 Å². The smallest absolute Gasteiger partial charge is 0.312 e. The highest BCUT2D eigenvalue weighted by Crippen LogP contribution is 2.56. The van der Waals surface area contributed by atoms with Crippen LogP contribution in [0.4, 0.5) is 0 Å². The molecule has 2 aliphatic carbocycles. The van der Waals surface area contributed by atoms with Crippen LogP contribution in [0, 0.1) is 34.0 Å². The lowest BCUT2D eigenvalue weighted by Gasteiger charge is -2.44. The molecule has 2 bridgehead atoms. The van der Waals surface area contributed by atoms with Crippen molar-refractivity contribution in [2.24, 2.45) is 34.0 Å². The Morgan fingerprint density at radius 1 is 1.12 bits per heavy atom. The van der Waals surface area contributed by atoms with Gasteiger partial charge >= 0.3 is 11.9 Å². The number of hydrogen-bond acceptors (Lipinski definition) is 4. The summed E-state index contributed by atoms with van der Waals surface area (Å²) in [5, 5.41) is 0. The van der Waals surface area contributed by atoms with Gasteiger partial charge in [-0.3, -0.25) is 9.59 Å². The Kier molecular flexibility index (Phi) is 3.86. The Balaban J connectivity index is 1.79. The van der Waals surface area contributed by atoms with Gasteiger partial charge in [-0.1, -0.05) is 41.5 Å². The Hall–Kier alpha value is -1.06. The standard InChI is InChI=1S/C20H32O4/c1-18(2,3)10-20(7,19(4,5)6)17(22)24-14-11-8-12-13(9-11)16(21)23-15(12)14/h11-15H,8-10H2,1-7H3. The van der Waals surface area contributed by atoms with E-state index in [4.69, 9.17) is 9.47 Å². The minimum Gasteiger partial charge on any atom is -0.458 e. The van der Waals surface area contributed by atoms with Gasteiger partial charge in [0.2, 0.25) is 0 Å². The molecule has 6 unspecified atom stereocenters. The van der Waals surface area contributed by atoms with Crippen molar-refractivity contribution in [3.63, 3.8) is 0 Å². The van der Waals surface area contributed by atoms with Crippen LogP contribution in [0.5, 0.6) is 0 Å². The van der Waals surface area contributed by atoms with E-state index in [-0.39, 0.29) is 46.8 Å². The summed E-state index contributed by atoms with van der Waals surface area (Å²) in [5.41, 5.74) is -0.750. The van der Waals surface area contributed by atoms with Crippen molar-refractivity contribution in [1.29, 1.82) is 0 Å². The van der Waals surface area contributed by atoms with E-state index in [0.29, 0.717) is 5.92 Å². The van der Waals surface area contributed by atoms with Gasteiger partial charge in [0.15, 0.2) is 0 Å². The normalized spacial score (nSPS) is 37.3. The lowest BCUT2D eigenvalue weighted by molar-refractivity contribution is -0.179. The summed E-state index contributed by atoms with van der Waals surface area (Å²) in [5.74, 6) is 0.392. The molecule has 1 aliphatic heterocycles. The predicted octanol–water partition coefficient (Wildman–Crippen LogP) is 3.97. The number of carbonyl (C=O) groups is 2. The van der Waals surface area contributed by atoms with Crippen LogP contribution in [0.15, 0.2) is 0 Å². The average molecular weight is 336 g/mol. The monoisotopic (exact) mass is 336 g/mol. The number of ether oxygens (including phenoxy) is 2. The van der Waals surface area contributed by atoms with Crippen molar-refractivity contribution in [2.75, 3.05) is 0 Å². The van der Waals surface area contributed by atoms with Gasteiger partial charge in [-0.15, -0.1) is 0 Å². The van der Waals surface area contributed by atoms with E-state index in [1.54, 1.807) is 0 Å². The third kappa shape index (κ3) is 2.66. The molecule has 4 heteroatoms. The molecule has 3 fully saturated rings. The highest BCUT2D eigenvalue weighted by atomic mass is 16.6. The molecule has 0 spiro atoms. The maximum Gasteiger partial charge on any atom is 0.312 e. The van der Waals surface area contributed by atoms with E-state index < -0.39 is 5.41 Å². The minimum absolute atomic E-state index is 0.0284. The molecule has 0 radical (unpaired) electrons. The Labute approximate surface area is 145 Å². The molecule has 0 amide bonds. The summed E-state index contributed by atoms with van der Waals surface area (Å²) in [6.07, 6.45) is 2.10. The zero-order chi connectivity index (χ0) is 18.1. The zero-order valence-corrected chi connectivity index (χ0v) is 16.1. The molecule has 4 nitrogen and oxygen atoms in total. The van der Waals surface area contributed by atoms with E-state index in [1.807, 2.05) is 6.92 Å². The van der Waals surface area contributed by atoms with E-state index in [1.165, 1.54) is 0 Å². The summed E-state index contributed by atoms with van der Waals surface area (Å²) in [6.45, 7) is 14.8. The van der Waals surface area contributed by atoms with Crippen molar-refractivity contribution in [2.45, 2.75) is 79.9 Å². The lowest BCUT2D eigenvalue weighted by Crippen LogP contribution is -2.47. The molecular weight excluding hydrogens is 304 g/mol. The molecule has 0 aromatic rings. The topological polar surface area (TPSA) is 52.6 Å². The van der Waals surface area contributed by atoms with Crippen molar-refractivity contribution in [3.8, 4) is 0 Å². The second-order valence-corrected chi connectivity index (χ2v) is 10.6. The van der Waals surface area contributed by atoms with Crippen LogP contribution in [0.2, 0.25) is 0 Å². The Bertz CT molecular complexity index is 553. The number of hydrogen-bond donors (Lipinski definition) is 0.